The van der Waals surface area contributed by atoms with Crippen LogP contribution in [0.5, 0.6) is 11.5 Å². The zero-order chi connectivity index (χ0) is 20.9. The minimum Gasteiger partial charge on any atom is -0.497 e. The maximum atomic E-state index is 12.9. The molecule has 0 aliphatic heterocycles. The molecule has 2 aromatic rings. The molecule has 0 saturated heterocycles. The summed E-state index contributed by atoms with van der Waals surface area (Å²) in [5.74, 6) is 0.904. The van der Waals surface area contributed by atoms with Crippen LogP contribution in [0.1, 0.15) is 30.5 Å². The van der Waals surface area contributed by atoms with Crippen molar-refractivity contribution < 1.29 is 27.4 Å². The van der Waals surface area contributed by atoms with Crippen LogP contribution >= 0.6 is 0 Å². The first-order valence-electron chi connectivity index (χ1n) is 8.72. The van der Waals surface area contributed by atoms with Gasteiger partial charge in [0, 0.05) is 23.6 Å². The third-order valence-electron chi connectivity index (χ3n) is 4.54. The average Bonchev–Trinajstić information content (AvgIpc) is 2.66. The van der Waals surface area contributed by atoms with Crippen molar-refractivity contribution in [3.8, 4) is 11.5 Å². The van der Waals surface area contributed by atoms with Crippen molar-refractivity contribution in [3.63, 3.8) is 0 Å². The van der Waals surface area contributed by atoms with Crippen molar-refractivity contribution in [2.24, 2.45) is 0 Å². The number of halogens is 3. The van der Waals surface area contributed by atoms with Crippen LogP contribution in [0.4, 0.5) is 13.2 Å². The lowest BCUT2D eigenvalue weighted by Gasteiger charge is -2.26. The normalized spacial score (nSPS) is 11.8. The fourth-order valence-electron chi connectivity index (χ4n) is 2.77. The standard InChI is InChI=1S/C21H24F3NO3/c1-20(2,15-6-5-7-16(11-15)21(22,23)24)13-25-19(26)10-14-8-9-17(27-3)12-18(14)28-4/h5-9,11-12H,10,13H2,1-4H3,(H,25,26). The Balaban J connectivity index is 2.06. The zero-order valence-electron chi connectivity index (χ0n) is 16.3. The second kappa shape index (κ2) is 8.54. The van der Waals surface area contributed by atoms with E-state index in [0.29, 0.717) is 22.6 Å². The second-order valence-electron chi connectivity index (χ2n) is 7.09. The summed E-state index contributed by atoms with van der Waals surface area (Å²) in [4.78, 5) is 12.4. The van der Waals surface area contributed by atoms with Gasteiger partial charge in [-0.3, -0.25) is 4.79 Å². The fourth-order valence-corrected chi connectivity index (χ4v) is 2.77. The third kappa shape index (κ3) is 5.41. The largest absolute Gasteiger partial charge is 0.497 e. The number of amides is 1. The first-order valence-corrected chi connectivity index (χ1v) is 8.72. The van der Waals surface area contributed by atoms with Crippen LogP contribution in [0.2, 0.25) is 0 Å². The molecule has 2 aromatic carbocycles. The molecule has 0 heterocycles. The number of nitrogens with one attached hydrogen (secondary N) is 1. The molecule has 0 aliphatic rings. The first-order chi connectivity index (χ1) is 13.1. The summed E-state index contributed by atoms with van der Waals surface area (Å²) in [5, 5.41) is 2.80. The number of ether oxygens (including phenoxy) is 2. The molecule has 0 radical (unpaired) electrons. The summed E-state index contributed by atoms with van der Waals surface area (Å²) in [7, 11) is 3.05. The molecule has 0 bridgehead atoms. The van der Waals surface area contributed by atoms with Crippen LogP contribution < -0.4 is 14.8 Å². The Labute approximate surface area is 162 Å². The Morgan fingerprint density at radius 3 is 2.29 bits per heavy atom. The summed E-state index contributed by atoms with van der Waals surface area (Å²) in [6.45, 7) is 3.78. The molecule has 0 aliphatic carbocycles. The summed E-state index contributed by atoms with van der Waals surface area (Å²) in [6, 6.07) is 10.3. The van der Waals surface area contributed by atoms with E-state index in [9.17, 15) is 18.0 Å². The molecule has 152 valence electrons. The molecule has 0 fully saturated rings. The highest BCUT2D eigenvalue weighted by Gasteiger charge is 2.32. The zero-order valence-corrected chi connectivity index (χ0v) is 16.3. The molecule has 1 amide bonds. The number of benzene rings is 2. The molecule has 28 heavy (non-hydrogen) atoms. The first kappa shape index (κ1) is 21.6. The van der Waals surface area contributed by atoms with Gasteiger partial charge in [0.05, 0.1) is 26.2 Å². The molecule has 0 unspecified atom stereocenters. The molecule has 2 rings (SSSR count). The molecule has 0 spiro atoms. The van der Waals surface area contributed by atoms with Crippen molar-refractivity contribution in [1.82, 2.24) is 5.32 Å². The molecular formula is C21H24F3NO3. The smallest absolute Gasteiger partial charge is 0.416 e. The minimum absolute atomic E-state index is 0.0891. The summed E-state index contributed by atoms with van der Waals surface area (Å²) < 4.78 is 49.3. The maximum Gasteiger partial charge on any atom is 0.416 e. The lowest BCUT2D eigenvalue weighted by molar-refractivity contribution is -0.137. The SMILES string of the molecule is COc1ccc(CC(=O)NCC(C)(C)c2cccc(C(F)(F)F)c2)c(OC)c1. The predicted molar refractivity (Wildman–Crippen MR) is 101 cm³/mol. The number of hydrogen-bond acceptors (Lipinski definition) is 3. The fraction of sp³-hybridized carbons (Fsp3) is 0.381. The van der Waals surface area contributed by atoms with E-state index >= 15 is 0 Å². The van der Waals surface area contributed by atoms with Gasteiger partial charge in [-0.25, -0.2) is 0 Å². The molecule has 4 nitrogen and oxygen atoms in total. The quantitative estimate of drug-likeness (QED) is 0.758. The predicted octanol–water partition coefficient (Wildman–Crippen LogP) is 4.36. The van der Waals surface area contributed by atoms with Crippen LogP contribution in [0.3, 0.4) is 0 Å². The second-order valence-corrected chi connectivity index (χ2v) is 7.09. The highest BCUT2D eigenvalue weighted by Crippen LogP contribution is 2.32. The Hall–Kier alpha value is -2.70. The number of carbonyl (C=O) groups is 1. The monoisotopic (exact) mass is 395 g/mol. The number of alkyl halides is 3. The lowest BCUT2D eigenvalue weighted by Crippen LogP contribution is -2.37. The maximum absolute atomic E-state index is 12.9. The number of methoxy groups -OCH3 is 2. The number of rotatable bonds is 7. The van der Waals surface area contributed by atoms with Gasteiger partial charge in [-0.2, -0.15) is 13.2 Å². The molecule has 0 saturated carbocycles. The van der Waals surface area contributed by atoms with Crippen LogP contribution in [-0.2, 0) is 22.8 Å². The van der Waals surface area contributed by atoms with Gasteiger partial charge in [-0.05, 0) is 17.7 Å². The Kier molecular flexibility index (Phi) is 6.59. The van der Waals surface area contributed by atoms with Gasteiger partial charge in [0.25, 0.3) is 0 Å². The topological polar surface area (TPSA) is 47.6 Å². The van der Waals surface area contributed by atoms with Crippen LogP contribution in [0.25, 0.3) is 0 Å². The van der Waals surface area contributed by atoms with Gasteiger partial charge in [0.15, 0.2) is 0 Å². The highest BCUT2D eigenvalue weighted by molar-refractivity contribution is 5.79. The van der Waals surface area contributed by atoms with Gasteiger partial charge >= 0.3 is 6.18 Å². The van der Waals surface area contributed by atoms with Gasteiger partial charge < -0.3 is 14.8 Å². The Bertz CT molecular complexity index is 832. The molecule has 0 atom stereocenters. The van der Waals surface area contributed by atoms with E-state index in [0.717, 1.165) is 12.1 Å². The van der Waals surface area contributed by atoms with Crippen LogP contribution in [0, 0.1) is 0 Å². The van der Waals surface area contributed by atoms with Gasteiger partial charge in [-0.15, -0.1) is 0 Å². The third-order valence-corrected chi connectivity index (χ3v) is 4.54. The minimum atomic E-state index is -4.40. The van der Waals surface area contributed by atoms with E-state index in [1.165, 1.54) is 20.3 Å². The molecule has 7 heteroatoms. The van der Waals surface area contributed by atoms with Crippen molar-refractivity contribution in [1.29, 1.82) is 0 Å². The van der Waals surface area contributed by atoms with E-state index in [4.69, 9.17) is 9.47 Å². The van der Waals surface area contributed by atoms with E-state index in [1.54, 1.807) is 38.1 Å². The lowest BCUT2D eigenvalue weighted by atomic mass is 9.83. The summed E-state index contributed by atoms with van der Waals surface area (Å²) in [5.41, 5.74) is -0.171. The van der Waals surface area contributed by atoms with E-state index in [1.807, 2.05) is 0 Å². The molecule has 0 aromatic heterocycles. The van der Waals surface area contributed by atoms with Gasteiger partial charge in [0.1, 0.15) is 11.5 Å². The summed E-state index contributed by atoms with van der Waals surface area (Å²) in [6.07, 6.45) is -4.31. The van der Waals surface area contributed by atoms with Gasteiger partial charge in [-0.1, -0.05) is 38.1 Å². The Morgan fingerprint density at radius 2 is 1.68 bits per heavy atom. The average molecular weight is 395 g/mol. The van der Waals surface area contributed by atoms with Crippen molar-refractivity contribution in [3.05, 3.63) is 59.2 Å². The van der Waals surface area contributed by atoms with Crippen LogP contribution in [0.15, 0.2) is 42.5 Å². The van der Waals surface area contributed by atoms with Crippen molar-refractivity contribution in [2.45, 2.75) is 31.9 Å². The van der Waals surface area contributed by atoms with Crippen molar-refractivity contribution in [2.75, 3.05) is 20.8 Å². The summed E-state index contributed by atoms with van der Waals surface area (Å²) >= 11 is 0. The molecule has 1 N–H and O–H groups in total. The van der Waals surface area contributed by atoms with E-state index in [2.05, 4.69) is 5.32 Å². The highest BCUT2D eigenvalue weighted by atomic mass is 19.4. The number of hydrogen-bond donors (Lipinski definition) is 1. The Morgan fingerprint density at radius 1 is 1.00 bits per heavy atom. The number of carbonyl (C=O) groups excluding carboxylic acids is 1. The molecular weight excluding hydrogens is 371 g/mol. The van der Waals surface area contributed by atoms with Crippen molar-refractivity contribution >= 4 is 5.91 Å². The van der Waals surface area contributed by atoms with E-state index in [-0.39, 0.29) is 18.9 Å². The van der Waals surface area contributed by atoms with Gasteiger partial charge in [0.2, 0.25) is 5.91 Å². The van der Waals surface area contributed by atoms with E-state index < -0.39 is 17.2 Å². The van der Waals surface area contributed by atoms with Crippen LogP contribution in [-0.4, -0.2) is 26.7 Å².